The van der Waals surface area contributed by atoms with E-state index in [4.69, 9.17) is 9.47 Å². The van der Waals surface area contributed by atoms with E-state index in [1.807, 2.05) is 0 Å². The molecule has 2 aromatic rings. The Balaban J connectivity index is 1.41. The minimum Gasteiger partial charge on any atom is -0.496 e. The fourth-order valence-corrected chi connectivity index (χ4v) is 5.41. The predicted molar refractivity (Wildman–Crippen MR) is 142 cm³/mol. The molecule has 4 rings (SSSR count). The van der Waals surface area contributed by atoms with Crippen molar-refractivity contribution in [3.05, 3.63) is 64.2 Å². The Bertz CT molecular complexity index is 1020. The van der Waals surface area contributed by atoms with Gasteiger partial charge in [0, 0.05) is 31.2 Å². The van der Waals surface area contributed by atoms with Crippen molar-refractivity contribution < 1.29 is 9.47 Å². The third-order valence-corrected chi connectivity index (χ3v) is 7.49. The molecule has 0 spiro atoms. The molecule has 1 heterocycles. The third-order valence-electron chi connectivity index (χ3n) is 7.49. The van der Waals surface area contributed by atoms with Crippen LogP contribution in [0.15, 0.2) is 42.0 Å². The smallest absolute Gasteiger partial charge is 0.125 e. The topological polar surface area (TPSA) is 24.9 Å². The highest BCUT2D eigenvalue weighted by Crippen LogP contribution is 2.34. The summed E-state index contributed by atoms with van der Waals surface area (Å²) in [6.07, 6.45) is 4.58. The molecule has 0 amide bonds. The zero-order valence-corrected chi connectivity index (χ0v) is 22.0. The van der Waals surface area contributed by atoms with Gasteiger partial charge in [0.2, 0.25) is 0 Å². The van der Waals surface area contributed by atoms with Crippen LogP contribution in [0.5, 0.6) is 11.5 Å². The molecule has 2 aliphatic rings. The van der Waals surface area contributed by atoms with Crippen LogP contribution in [0.25, 0.3) is 5.57 Å². The van der Waals surface area contributed by atoms with Gasteiger partial charge < -0.3 is 14.4 Å². The Morgan fingerprint density at radius 2 is 1.91 bits per heavy atom. The van der Waals surface area contributed by atoms with E-state index >= 15 is 0 Å². The number of rotatable bonds is 9. The van der Waals surface area contributed by atoms with Gasteiger partial charge in [0.15, 0.2) is 0 Å². The SMILES string of the molecule is COc1cc(CC(C)C)ccc1COc1ccc2c(c1)CCC(CN1CC[C@@H](N(C)C)C1)=C2C. The van der Waals surface area contributed by atoms with Crippen LogP contribution < -0.4 is 9.47 Å². The first-order chi connectivity index (χ1) is 16.3. The maximum Gasteiger partial charge on any atom is 0.125 e. The van der Waals surface area contributed by atoms with Crippen LogP contribution >= 0.6 is 0 Å². The average molecular weight is 463 g/mol. The first-order valence-electron chi connectivity index (χ1n) is 12.8. The number of methoxy groups -OCH3 is 1. The number of likely N-dealkylation sites (tertiary alicyclic amines) is 1. The first kappa shape index (κ1) is 24.8. The van der Waals surface area contributed by atoms with E-state index in [-0.39, 0.29) is 0 Å². The average Bonchev–Trinajstić information content (AvgIpc) is 3.28. The molecule has 0 saturated carbocycles. The fourth-order valence-electron chi connectivity index (χ4n) is 5.41. The van der Waals surface area contributed by atoms with Crippen molar-refractivity contribution in [2.45, 2.75) is 59.1 Å². The molecule has 1 saturated heterocycles. The largest absolute Gasteiger partial charge is 0.496 e. The number of benzene rings is 2. The highest BCUT2D eigenvalue weighted by molar-refractivity contribution is 5.72. The van der Waals surface area contributed by atoms with Crippen LogP contribution in [0, 0.1) is 5.92 Å². The maximum atomic E-state index is 6.22. The Morgan fingerprint density at radius 1 is 1.09 bits per heavy atom. The predicted octanol–water partition coefficient (Wildman–Crippen LogP) is 5.83. The molecule has 0 aromatic heterocycles. The van der Waals surface area contributed by atoms with E-state index in [0.717, 1.165) is 42.9 Å². The second kappa shape index (κ2) is 11.0. The van der Waals surface area contributed by atoms with Crippen molar-refractivity contribution >= 4 is 5.57 Å². The molecule has 2 aromatic carbocycles. The Kier molecular flexibility index (Phi) is 8.00. The summed E-state index contributed by atoms with van der Waals surface area (Å²) in [6, 6.07) is 13.8. The van der Waals surface area contributed by atoms with Gasteiger partial charge in [0.05, 0.1) is 7.11 Å². The quantitative estimate of drug-likeness (QED) is 0.468. The van der Waals surface area contributed by atoms with Crippen molar-refractivity contribution in [3.8, 4) is 11.5 Å². The lowest BCUT2D eigenvalue weighted by atomic mass is 9.86. The Morgan fingerprint density at radius 3 is 2.62 bits per heavy atom. The van der Waals surface area contributed by atoms with E-state index in [1.165, 1.54) is 41.8 Å². The summed E-state index contributed by atoms with van der Waals surface area (Å²) in [5, 5.41) is 0. The van der Waals surface area contributed by atoms with Crippen LogP contribution in [0.3, 0.4) is 0 Å². The molecular weight excluding hydrogens is 420 g/mol. The van der Waals surface area contributed by atoms with Crippen molar-refractivity contribution in [1.82, 2.24) is 9.80 Å². The van der Waals surface area contributed by atoms with Gasteiger partial charge in [0.1, 0.15) is 18.1 Å². The summed E-state index contributed by atoms with van der Waals surface area (Å²) in [5.74, 6) is 2.49. The highest BCUT2D eigenvalue weighted by Gasteiger charge is 2.26. The lowest BCUT2D eigenvalue weighted by Crippen LogP contribution is -2.32. The number of aryl methyl sites for hydroxylation is 1. The Hall–Kier alpha value is -2.30. The molecule has 4 nitrogen and oxygen atoms in total. The maximum absolute atomic E-state index is 6.22. The molecule has 4 heteroatoms. The van der Waals surface area contributed by atoms with Gasteiger partial charge in [-0.3, -0.25) is 4.90 Å². The summed E-state index contributed by atoms with van der Waals surface area (Å²) in [5.41, 5.74) is 8.27. The zero-order valence-electron chi connectivity index (χ0n) is 22.0. The molecule has 1 fully saturated rings. The molecule has 184 valence electrons. The molecular formula is C30H42N2O2. The summed E-state index contributed by atoms with van der Waals surface area (Å²) in [6.45, 7) is 10.8. The van der Waals surface area contributed by atoms with Crippen molar-refractivity contribution in [2.24, 2.45) is 5.92 Å². The fraction of sp³-hybridized carbons (Fsp3) is 0.533. The summed E-state index contributed by atoms with van der Waals surface area (Å²) in [4.78, 5) is 5.00. The van der Waals surface area contributed by atoms with Gasteiger partial charge in [-0.15, -0.1) is 0 Å². The molecule has 0 N–H and O–H groups in total. The van der Waals surface area contributed by atoms with Crippen molar-refractivity contribution in [2.75, 3.05) is 40.8 Å². The number of allylic oxidation sites excluding steroid dienone is 1. The minimum atomic E-state index is 0.520. The van der Waals surface area contributed by atoms with E-state index in [2.05, 4.69) is 81.1 Å². The molecule has 1 aliphatic heterocycles. The van der Waals surface area contributed by atoms with Crippen LogP contribution in [-0.4, -0.2) is 56.7 Å². The van der Waals surface area contributed by atoms with Gasteiger partial charge in [-0.2, -0.15) is 0 Å². The summed E-state index contributed by atoms with van der Waals surface area (Å²) in [7, 11) is 6.15. The van der Waals surface area contributed by atoms with Crippen LogP contribution in [0.2, 0.25) is 0 Å². The molecule has 0 bridgehead atoms. The Labute approximate surface area is 206 Å². The minimum absolute atomic E-state index is 0.520. The number of ether oxygens (including phenoxy) is 2. The number of hydrogen-bond donors (Lipinski definition) is 0. The number of nitrogens with zero attached hydrogens (tertiary/aromatic N) is 2. The van der Waals surface area contributed by atoms with Gasteiger partial charge >= 0.3 is 0 Å². The van der Waals surface area contributed by atoms with Crippen molar-refractivity contribution in [1.29, 1.82) is 0 Å². The van der Waals surface area contributed by atoms with Gasteiger partial charge in [0.25, 0.3) is 0 Å². The van der Waals surface area contributed by atoms with Crippen molar-refractivity contribution in [3.63, 3.8) is 0 Å². The summed E-state index contributed by atoms with van der Waals surface area (Å²) < 4.78 is 11.9. The van der Waals surface area contributed by atoms with Crippen LogP contribution in [-0.2, 0) is 19.4 Å². The van der Waals surface area contributed by atoms with Crippen LogP contribution in [0.1, 0.15) is 55.9 Å². The zero-order chi connectivity index (χ0) is 24.2. The number of hydrogen-bond acceptors (Lipinski definition) is 4. The van der Waals surface area contributed by atoms with Gasteiger partial charge in [-0.05, 0) is 93.1 Å². The third kappa shape index (κ3) is 5.84. The first-order valence-corrected chi connectivity index (χ1v) is 12.8. The molecule has 1 atom stereocenters. The molecule has 1 aliphatic carbocycles. The standard InChI is InChI=1S/C30H42N2O2/c1-21(2)15-23-7-8-26(30(16-23)33-6)20-34-28-11-12-29-22(3)25(10-9-24(29)17-28)18-32-14-13-27(19-32)31(4)5/h7-8,11-12,16-17,21,27H,9-10,13-15,18-20H2,1-6H3/t27-/m1/s1. The lowest BCUT2D eigenvalue weighted by molar-refractivity contribution is 0.277. The summed E-state index contributed by atoms with van der Waals surface area (Å²) >= 11 is 0. The molecule has 0 unspecified atom stereocenters. The molecule has 34 heavy (non-hydrogen) atoms. The number of likely N-dealkylation sites (N-methyl/N-ethyl adjacent to an activating group) is 1. The van der Waals surface area contributed by atoms with E-state index in [0.29, 0.717) is 18.6 Å². The monoisotopic (exact) mass is 462 g/mol. The molecule has 0 radical (unpaired) electrons. The van der Waals surface area contributed by atoms with Gasteiger partial charge in [-0.1, -0.05) is 37.6 Å². The number of fused-ring (bicyclic) bond motifs is 1. The lowest BCUT2D eigenvalue weighted by Gasteiger charge is -2.26. The van der Waals surface area contributed by atoms with E-state index < -0.39 is 0 Å². The van der Waals surface area contributed by atoms with Gasteiger partial charge in [-0.25, -0.2) is 0 Å². The highest BCUT2D eigenvalue weighted by atomic mass is 16.5. The second-order valence-electron chi connectivity index (χ2n) is 10.7. The van der Waals surface area contributed by atoms with E-state index in [1.54, 1.807) is 12.7 Å². The van der Waals surface area contributed by atoms with E-state index in [9.17, 15) is 0 Å². The second-order valence-corrected chi connectivity index (χ2v) is 10.7. The van der Waals surface area contributed by atoms with Crippen LogP contribution in [0.4, 0.5) is 0 Å². The normalized spacial score (nSPS) is 18.6.